The summed E-state index contributed by atoms with van der Waals surface area (Å²) in [4.78, 5) is 0. The maximum atomic E-state index is 5.22. The van der Waals surface area contributed by atoms with Gasteiger partial charge in [-0.25, -0.2) is 0 Å². The Kier molecular flexibility index (Phi) is 10.7. The first-order valence-corrected chi connectivity index (χ1v) is 15.6. The van der Waals surface area contributed by atoms with Crippen LogP contribution in [0.4, 0.5) is 0 Å². The second-order valence-corrected chi connectivity index (χ2v) is 17.2. The van der Waals surface area contributed by atoms with Crippen molar-refractivity contribution in [1.82, 2.24) is 4.23 Å². The van der Waals surface area contributed by atoms with Crippen LogP contribution in [0.5, 0.6) is 0 Å². The SMILES string of the molecule is CCN([Si](C)(C)C)[Si](C)(C)C.CCO[SiH2]Cl. The lowest BCUT2D eigenvalue weighted by atomic mass is 10.8. The second-order valence-electron chi connectivity index (χ2n) is 5.69. The molecule has 6 heteroatoms. The molecule has 0 atom stereocenters. The monoisotopic (exact) mass is 299 g/mol. The summed E-state index contributed by atoms with van der Waals surface area (Å²) >= 11 is 5.22. The zero-order valence-corrected chi connectivity index (χ0v) is 16.5. The molecule has 0 rings (SSSR count). The molecule has 0 heterocycles. The van der Waals surface area contributed by atoms with E-state index in [0.717, 1.165) is 6.61 Å². The van der Waals surface area contributed by atoms with E-state index in [1.165, 1.54) is 6.54 Å². The van der Waals surface area contributed by atoms with Gasteiger partial charge in [-0.2, -0.15) is 0 Å². The Balaban J connectivity index is 0. The smallest absolute Gasteiger partial charge is 0.258 e. The lowest BCUT2D eigenvalue weighted by Gasteiger charge is -2.42. The predicted molar refractivity (Wildman–Crippen MR) is 85.1 cm³/mol. The molecule has 0 saturated heterocycles. The molecule has 0 aliphatic heterocycles. The van der Waals surface area contributed by atoms with E-state index in [-0.39, 0.29) is 0 Å². The van der Waals surface area contributed by atoms with Crippen LogP contribution in [0.25, 0.3) is 0 Å². The molecule has 0 fully saturated rings. The lowest BCUT2D eigenvalue weighted by Crippen LogP contribution is -2.58. The normalized spacial score (nSPS) is 13.1. The maximum absolute atomic E-state index is 5.22. The lowest BCUT2D eigenvalue weighted by molar-refractivity contribution is 0.371. The highest BCUT2D eigenvalue weighted by molar-refractivity contribution is 6.90. The van der Waals surface area contributed by atoms with Crippen molar-refractivity contribution in [3.8, 4) is 0 Å². The Morgan fingerprint density at radius 2 is 1.38 bits per heavy atom. The third-order valence-corrected chi connectivity index (χ3v) is 11.1. The topological polar surface area (TPSA) is 12.5 Å². The highest BCUT2D eigenvalue weighted by Gasteiger charge is 2.32. The Morgan fingerprint density at radius 1 is 1.00 bits per heavy atom. The van der Waals surface area contributed by atoms with Crippen LogP contribution < -0.4 is 0 Å². The molecule has 0 spiro atoms. The summed E-state index contributed by atoms with van der Waals surface area (Å²) in [5, 5.41) is 0. The van der Waals surface area contributed by atoms with Gasteiger partial charge in [0.25, 0.3) is 9.07 Å². The van der Waals surface area contributed by atoms with Crippen molar-refractivity contribution in [2.45, 2.75) is 53.1 Å². The Labute approximate surface area is 112 Å². The molecule has 100 valence electrons. The van der Waals surface area contributed by atoms with Gasteiger partial charge in [-0.1, -0.05) is 46.2 Å². The molecule has 0 aliphatic carbocycles. The van der Waals surface area contributed by atoms with Crippen molar-refractivity contribution < 1.29 is 4.43 Å². The van der Waals surface area contributed by atoms with Gasteiger partial charge in [-0.3, -0.25) is 0 Å². The van der Waals surface area contributed by atoms with E-state index < -0.39 is 25.5 Å². The third-order valence-electron chi connectivity index (χ3n) is 2.22. The van der Waals surface area contributed by atoms with Crippen LogP contribution in [-0.2, 0) is 4.43 Å². The van der Waals surface area contributed by atoms with Gasteiger partial charge in [-0.05, 0) is 13.5 Å². The van der Waals surface area contributed by atoms with Gasteiger partial charge in [0, 0.05) is 6.61 Å². The van der Waals surface area contributed by atoms with Gasteiger partial charge >= 0.3 is 0 Å². The quantitative estimate of drug-likeness (QED) is 0.571. The van der Waals surface area contributed by atoms with E-state index in [9.17, 15) is 0 Å². The molecule has 0 aromatic rings. The molecule has 0 aromatic carbocycles. The number of rotatable bonds is 5. The first-order valence-electron chi connectivity index (χ1n) is 6.02. The van der Waals surface area contributed by atoms with Crippen molar-refractivity contribution in [3.05, 3.63) is 0 Å². The minimum Gasteiger partial charge on any atom is -0.408 e. The van der Waals surface area contributed by atoms with Gasteiger partial charge in [0.15, 0.2) is 0 Å². The zero-order valence-electron chi connectivity index (χ0n) is 12.4. The Morgan fingerprint density at radius 3 is 1.38 bits per heavy atom. The summed E-state index contributed by atoms with van der Waals surface area (Å²) in [6.45, 7) is 20.9. The average molecular weight is 300 g/mol. The minimum atomic E-state index is -1.03. The van der Waals surface area contributed by atoms with E-state index >= 15 is 0 Å². The van der Waals surface area contributed by atoms with Crippen LogP contribution >= 0.6 is 11.1 Å². The molecule has 0 radical (unpaired) electrons. The second kappa shape index (κ2) is 8.88. The third kappa shape index (κ3) is 10.0. The van der Waals surface area contributed by atoms with Gasteiger partial charge in [0.2, 0.25) is 0 Å². The summed E-state index contributed by atoms with van der Waals surface area (Å²) < 4.78 is 7.52. The van der Waals surface area contributed by atoms with Crippen LogP contribution in [0, 0.1) is 0 Å². The predicted octanol–water partition coefficient (Wildman–Crippen LogP) is 3.24. The highest BCUT2D eigenvalue weighted by Crippen LogP contribution is 2.18. The first kappa shape index (κ1) is 19.2. The van der Waals surface area contributed by atoms with Crippen LogP contribution in [0.3, 0.4) is 0 Å². The van der Waals surface area contributed by atoms with E-state index in [4.69, 9.17) is 15.5 Å². The molecule has 0 amide bonds. The van der Waals surface area contributed by atoms with E-state index in [1.807, 2.05) is 6.92 Å². The minimum absolute atomic E-state index is 0.614. The summed E-state index contributed by atoms with van der Waals surface area (Å²) in [7, 11) is -2.67. The van der Waals surface area contributed by atoms with Crippen molar-refractivity contribution in [2.75, 3.05) is 13.2 Å². The van der Waals surface area contributed by atoms with Crippen molar-refractivity contribution in [1.29, 1.82) is 0 Å². The molecule has 0 unspecified atom stereocenters. The van der Waals surface area contributed by atoms with Crippen LogP contribution in [0.1, 0.15) is 13.8 Å². The summed E-state index contributed by atoms with van der Waals surface area (Å²) in [5.41, 5.74) is 0. The van der Waals surface area contributed by atoms with Gasteiger partial charge in [0.05, 0.1) is 0 Å². The molecule has 0 aliphatic rings. The fourth-order valence-electron chi connectivity index (χ4n) is 2.03. The van der Waals surface area contributed by atoms with Gasteiger partial charge in [0.1, 0.15) is 16.5 Å². The van der Waals surface area contributed by atoms with E-state index in [2.05, 4.69) is 50.4 Å². The van der Waals surface area contributed by atoms with Crippen molar-refractivity contribution in [3.63, 3.8) is 0 Å². The summed E-state index contributed by atoms with van der Waals surface area (Å²) in [6.07, 6.45) is 0. The number of hydrogen-bond donors (Lipinski definition) is 0. The molecule has 0 N–H and O–H groups in total. The van der Waals surface area contributed by atoms with Gasteiger partial charge < -0.3 is 8.66 Å². The van der Waals surface area contributed by atoms with E-state index in [0.29, 0.717) is 0 Å². The molecule has 0 saturated carbocycles. The molecule has 16 heavy (non-hydrogen) atoms. The van der Waals surface area contributed by atoms with Crippen LogP contribution in [0.15, 0.2) is 0 Å². The highest BCUT2D eigenvalue weighted by atomic mass is 35.6. The zero-order chi connectivity index (χ0) is 13.4. The Hall–Kier alpha value is 0.861. The largest absolute Gasteiger partial charge is 0.408 e. The average Bonchev–Trinajstić information content (AvgIpc) is 2.01. The molecular weight excluding hydrogens is 270 g/mol. The van der Waals surface area contributed by atoms with Crippen LogP contribution in [-0.4, -0.2) is 42.9 Å². The number of halogens is 1. The number of hydrogen-bond acceptors (Lipinski definition) is 2. The van der Waals surface area contributed by atoms with Crippen LogP contribution in [0.2, 0.25) is 39.3 Å². The van der Waals surface area contributed by atoms with Crippen molar-refractivity contribution >= 4 is 36.6 Å². The van der Waals surface area contributed by atoms with Crippen molar-refractivity contribution in [2.24, 2.45) is 0 Å². The summed E-state index contributed by atoms with van der Waals surface area (Å²) in [6, 6.07) is 0. The summed E-state index contributed by atoms with van der Waals surface area (Å²) in [5.74, 6) is 0. The van der Waals surface area contributed by atoms with E-state index in [1.54, 1.807) is 0 Å². The molecular formula is C10H30ClNOSi3. The fraction of sp³-hybridized carbons (Fsp3) is 1.00. The maximum Gasteiger partial charge on any atom is 0.258 e. The fourth-order valence-corrected chi connectivity index (χ4v) is 12.6. The number of nitrogens with zero attached hydrogens (tertiary/aromatic N) is 1. The molecule has 0 bridgehead atoms. The standard InChI is InChI=1S/C8H23NSi2.C2H7ClOSi/c1-8-9(10(2,3)4)11(5,6)7;1-2-4-5-3/h8H2,1-7H3;2,5H2,1H3. The molecule has 2 nitrogen and oxygen atoms in total. The molecule has 0 aromatic heterocycles. The van der Waals surface area contributed by atoms with Gasteiger partial charge in [-0.15, -0.1) is 11.1 Å². The Bertz CT molecular complexity index is 152. The first-order chi connectivity index (χ1) is 7.11.